The Bertz CT molecular complexity index is 1680. The standard InChI is InChI=1S/2C17H22N2O5S.2CH2O3.3Ca/c2*1-4-11-18-13-8-7-12(25-13)15(22)19(6-3)17(5-2,16(23)24)10-9-14(20)21;2*2-1(3)4;;;/h2*1,7-8,18H,5-6,9-11H2,2-3H3,(H,20,21)(H,23,24);2*(H2,2,3,4);;;/q;;;;3*+2/p-6/t2*17-;;;;;/m00...../s1. The number of aliphatic carboxylic acids is 4. The maximum absolute atomic E-state index is 12.8. The molecule has 2 aromatic rings. The summed E-state index contributed by atoms with van der Waals surface area (Å²) in [4.78, 5) is 90.9. The van der Waals surface area contributed by atoms with Crippen LogP contribution in [-0.2, 0) is 19.2 Å². The van der Waals surface area contributed by atoms with Crippen LogP contribution in [-0.4, -0.2) is 218 Å². The van der Waals surface area contributed by atoms with Crippen molar-refractivity contribution in [3.63, 3.8) is 0 Å². The summed E-state index contributed by atoms with van der Waals surface area (Å²) >= 11 is 2.32. The molecule has 0 aliphatic rings. The number of terminal acetylenes is 2. The predicted molar refractivity (Wildman–Crippen MR) is 215 cm³/mol. The van der Waals surface area contributed by atoms with Crippen LogP contribution in [0.4, 0.5) is 19.6 Å². The molecule has 0 saturated carbocycles. The van der Waals surface area contributed by atoms with Gasteiger partial charge in [0.1, 0.15) is 0 Å². The quantitative estimate of drug-likeness (QED) is 0.0726. The number of carboxylic acids is 4. The molecule has 0 aromatic carbocycles. The number of nitrogens with zero attached hydrogens (tertiary/aromatic N) is 2. The Balaban J connectivity index is -0.000000279. The van der Waals surface area contributed by atoms with Crippen molar-refractivity contribution < 1.29 is 79.2 Å². The van der Waals surface area contributed by atoms with Crippen molar-refractivity contribution in [2.24, 2.45) is 0 Å². The largest absolute Gasteiger partial charge is 2.00 e. The molecule has 0 radical (unpaired) electrons. The van der Waals surface area contributed by atoms with Crippen molar-refractivity contribution in [3.05, 3.63) is 34.0 Å². The van der Waals surface area contributed by atoms with Crippen LogP contribution in [0.25, 0.3) is 0 Å². The van der Waals surface area contributed by atoms with E-state index in [1.807, 2.05) is 0 Å². The van der Waals surface area contributed by atoms with Gasteiger partial charge >= 0.3 is 125 Å². The SMILES string of the molecule is C#CCNc1ccc(C(=O)N(CC)[C@@](CC)(CCC(=O)O)C(=O)[O-])s1.C#CCNc1ccc(C(=O)N(CC)[C@@](CC)(CCC(=O)O)C(=O)[O-])s1.O=C([O-])[O-].O=C([O-])[O-].[Ca+2].[Ca+2].[Ca+2]. The number of rotatable bonds is 20. The van der Waals surface area contributed by atoms with Crippen LogP contribution >= 0.6 is 22.7 Å². The molecule has 0 aliphatic heterocycles. The minimum absolute atomic E-state index is 0. The van der Waals surface area contributed by atoms with Crippen LogP contribution in [0.3, 0.4) is 0 Å². The molecule has 2 aromatic heterocycles. The van der Waals surface area contributed by atoms with E-state index >= 15 is 0 Å². The van der Waals surface area contributed by atoms with E-state index in [9.17, 15) is 39.0 Å². The van der Waals surface area contributed by atoms with Gasteiger partial charge in [-0.1, -0.05) is 25.7 Å². The Morgan fingerprint density at radius 3 is 1.08 bits per heavy atom. The average Bonchev–Trinajstić information content (AvgIpc) is 3.83. The van der Waals surface area contributed by atoms with Gasteiger partial charge in [0.2, 0.25) is 0 Å². The number of hydrogen-bond donors (Lipinski definition) is 4. The van der Waals surface area contributed by atoms with Crippen LogP contribution < -0.4 is 41.3 Å². The van der Waals surface area contributed by atoms with E-state index in [0.717, 1.165) is 22.7 Å². The van der Waals surface area contributed by atoms with Crippen LogP contribution in [0.1, 0.15) is 85.6 Å². The fourth-order valence-corrected chi connectivity index (χ4v) is 6.97. The Kier molecular flexibility index (Phi) is 39.4. The molecule has 0 unspecified atom stereocenters. The number of anilines is 2. The molecule has 320 valence electrons. The molecule has 0 spiro atoms. The van der Waals surface area contributed by atoms with Gasteiger partial charge in [-0.25, -0.2) is 0 Å². The van der Waals surface area contributed by atoms with E-state index in [4.69, 9.17) is 53.1 Å². The monoisotopic (exact) mass is 970 g/mol. The van der Waals surface area contributed by atoms with Gasteiger partial charge in [-0.2, -0.15) is 0 Å². The predicted octanol–water partition coefficient (Wildman–Crippen LogP) is -4.00. The van der Waals surface area contributed by atoms with E-state index in [2.05, 4.69) is 22.5 Å². The van der Waals surface area contributed by atoms with E-state index in [1.165, 1.54) is 9.80 Å². The molecule has 2 heterocycles. The fourth-order valence-electron chi connectivity index (χ4n) is 5.27. The summed E-state index contributed by atoms with van der Waals surface area (Å²) in [7, 11) is 0. The molecule has 61 heavy (non-hydrogen) atoms. The van der Waals surface area contributed by atoms with E-state index in [-0.39, 0.29) is 165 Å². The first-order valence-electron chi connectivity index (χ1n) is 16.9. The fraction of sp³-hybridized carbons (Fsp3) is 0.444. The zero-order chi connectivity index (χ0) is 45.2. The molecule has 0 aliphatic carbocycles. The van der Waals surface area contributed by atoms with Gasteiger partial charge in [0.25, 0.3) is 11.8 Å². The summed E-state index contributed by atoms with van der Waals surface area (Å²) in [6, 6.07) is 6.54. The third-order valence-electron chi connectivity index (χ3n) is 7.95. The molecule has 2 atom stereocenters. The molecule has 4 N–H and O–H groups in total. The summed E-state index contributed by atoms with van der Waals surface area (Å²) in [6.07, 6.45) is 4.62. The second-order valence-electron chi connectivity index (χ2n) is 11.2. The van der Waals surface area contributed by atoms with Crippen molar-refractivity contribution in [1.82, 2.24) is 9.80 Å². The van der Waals surface area contributed by atoms with Gasteiger partial charge < -0.3 is 80.5 Å². The average molecular weight is 971 g/mol. The van der Waals surface area contributed by atoms with E-state index in [1.54, 1.807) is 52.0 Å². The number of nitrogens with one attached hydrogen (secondary N) is 2. The summed E-state index contributed by atoms with van der Waals surface area (Å²) in [6.45, 7) is 7.35. The summed E-state index contributed by atoms with van der Waals surface area (Å²) in [5, 5.41) is 82.1. The van der Waals surface area contributed by atoms with E-state index in [0.29, 0.717) is 32.8 Å². The van der Waals surface area contributed by atoms with Crippen molar-refractivity contribution in [3.8, 4) is 24.7 Å². The molecule has 2 rings (SSSR count). The van der Waals surface area contributed by atoms with Crippen LogP contribution in [0.2, 0.25) is 0 Å². The van der Waals surface area contributed by atoms with Crippen LogP contribution in [0, 0.1) is 24.7 Å². The number of carboxylic acid groups (broad SMARTS) is 8. The van der Waals surface area contributed by atoms with Crippen molar-refractivity contribution in [2.45, 2.75) is 77.3 Å². The number of carbonyl (C=O) groups excluding carboxylic acids is 6. The third kappa shape index (κ3) is 24.1. The Morgan fingerprint density at radius 1 is 0.607 bits per heavy atom. The van der Waals surface area contributed by atoms with Gasteiger partial charge in [0, 0.05) is 25.9 Å². The second kappa shape index (κ2) is 35.7. The number of thiophene rings is 2. The number of hydrogen-bond acceptors (Lipinski definition) is 18. The zero-order valence-electron chi connectivity index (χ0n) is 34.0. The first-order valence-corrected chi connectivity index (χ1v) is 18.5. The van der Waals surface area contributed by atoms with Crippen molar-refractivity contribution in [2.75, 3.05) is 36.8 Å². The molecule has 2 amide bonds. The molecule has 0 fully saturated rings. The summed E-state index contributed by atoms with van der Waals surface area (Å²) in [5.74, 6) is -1.25. The first-order chi connectivity index (χ1) is 27.1. The molecule has 0 saturated heterocycles. The number of likely N-dealkylation sites (N-methyl/N-ethyl adjacent to an activating group) is 2. The van der Waals surface area contributed by atoms with Crippen LogP contribution in [0.5, 0.6) is 0 Å². The van der Waals surface area contributed by atoms with E-state index < -0.39 is 59.1 Å². The Labute approximate surface area is 450 Å². The third-order valence-corrected chi connectivity index (χ3v) is 10.0. The Hall–Kier alpha value is -2.74. The normalized spacial score (nSPS) is 11.2. The van der Waals surface area contributed by atoms with Crippen LogP contribution in [0.15, 0.2) is 24.3 Å². The molecule has 0 bridgehead atoms. The second-order valence-corrected chi connectivity index (χ2v) is 13.3. The molecular weight excluding hydrogens is 929 g/mol. The van der Waals surface area contributed by atoms with Gasteiger partial charge in [0.05, 0.1) is 55.9 Å². The first kappa shape index (κ1) is 67.3. The summed E-state index contributed by atoms with van der Waals surface area (Å²) in [5.41, 5.74) is -3.33. The maximum atomic E-state index is 12.8. The van der Waals surface area contributed by atoms with Gasteiger partial charge in [-0.3, -0.25) is 19.2 Å². The minimum Gasteiger partial charge on any atom is -0.652 e. The maximum Gasteiger partial charge on any atom is 2.00 e. The minimum atomic E-state index is -2.33. The molecular formula is C36H42Ca3N4O16S2. The van der Waals surface area contributed by atoms with Gasteiger partial charge in [0.15, 0.2) is 0 Å². The van der Waals surface area contributed by atoms with Gasteiger partial charge in [-0.15, -0.1) is 35.5 Å². The molecule has 20 nitrogen and oxygen atoms in total. The van der Waals surface area contributed by atoms with Crippen molar-refractivity contribution >= 4 is 194 Å². The Morgan fingerprint density at radius 2 is 0.885 bits per heavy atom. The summed E-state index contributed by atoms with van der Waals surface area (Å²) < 4.78 is 0. The van der Waals surface area contributed by atoms with Crippen molar-refractivity contribution in [1.29, 1.82) is 0 Å². The smallest absolute Gasteiger partial charge is 0.652 e. The zero-order valence-corrected chi connectivity index (χ0v) is 42.2. The van der Waals surface area contributed by atoms with Gasteiger partial charge in [-0.05, 0) is 76.1 Å². The topological polar surface area (TPSA) is 346 Å². The molecule has 25 heteroatoms. The number of amides is 2. The number of carbonyl (C=O) groups is 8.